The van der Waals surface area contributed by atoms with Gasteiger partial charge in [0.05, 0.1) is 19.6 Å². The van der Waals surface area contributed by atoms with Gasteiger partial charge < -0.3 is 15.4 Å². The van der Waals surface area contributed by atoms with E-state index in [1.54, 1.807) is 18.4 Å². The summed E-state index contributed by atoms with van der Waals surface area (Å²) in [5.74, 6) is 0.165. The van der Waals surface area contributed by atoms with Crippen LogP contribution in [0.25, 0.3) is 0 Å². The highest BCUT2D eigenvalue weighted by molar-refractivity contribution is 7.12. The third kappa shape index (κ3) is 5.09. The van der Waals surface area contributed by atoms with Crippen LogP contribution < -0.4 is 15.4 Å². The van der Waals surface area contributed by atoms with Crippen molar-refractivity contribution < 1.29 is 14.3 Å². The van der Waals surface area contributed by atoms with Crippen LogP contribution in [0.5, 0.6) is 5.75 Å². The Morgan fingerprint density at radius 3 is 2.42 bits per heavy atom. The average Bonchev–Trinajstić information content (AvgIpc) is 3.04. The Hall–Kier alpha value is -2.34. The fourth-order valence-corrected chi connectivity index (χ4v) is 3.07. The minimum absolute atomic E-state index is 0.0241. The van der Waals surface area contributed by atoms with Gasteiger partial charge in [-0.3, -0.25) is 9.59 Å². The highest BCUT2D eigenvalue weighted by atomic mass is 32.1. The van der Waals surface area contributed by atoms with E-state index in [0.717, 1.165) is 16.2 Å². The summed E-state index contributed by atoms with van der Waals surface area (Å²) in [5.41, 5.74) is 0.970. The van der Waals surface area contributed by atoms with Crippen LogP contribution in [0.15, 0.2) is 36.4 Å². The second-order valence-electron chi connectivity index (χ2n) is 5.51. The van der Waals surface area contributed by atoms with Crippen LogP contribution in [0.1, 0.15) is 28.2 Å². The van der Waals surface area contributed by atoms with Gasteiger partial charge in [0.1, 0.15) is 5.75 Å². The molecule has 1 aromatic heterocycles. The van der Waals surface area contributed by atoms with Gasteiger partial charge in [-0.05, 0) is 43.7 Å². The third-order valence-corrected chi connectivity index (χ3v) is 4.84. The Labute approximate surface area is 146 Å². The van der Waals surface area contributed by atoms with Gasteiger partial charge in [0, 0.05) is 16.3 Å². The normalized spacial score (nSPS) is 11.6. The van der Waals surface area contributed by atoms with Crippen molar-refractivity contribution in [2.24, 2.45) is 0 Å². The molecular weight excluding hydrogens is 324 g/mol. The highest BCUT2D eigenvalue weighted by Crippen LogP contribution is 2.24. The first kappa shape index (κ1) is 18.0. The molecule has 0 aliphatic rings. The third-order valence-electron chi connectivity index (χ3n) is 3.65. The van der Waals surface area contributed by atoms with Gasteiger partial charge in [0.2, 0.25) is 11.8 Å². The minimum Gasteiger partial charge on any atom is -0.497 e. The molecule has 0 aliphatic carbocycles. The van der Waals surface area contributed by atoms with Gasteiger partial charge in [0.15, 0.2) is 0 Å². The number of carbonyl (C=O) groups is 2. The average molecular weight is 346 g/mol. The number of hydrogen-bond acceptors (Lipinski definition) is 4. The summed E-state index contributed by atoms with van der Waals surface area (Å²) >= 11 is 1.60. The van der Waals surface area contributed by atoms with Gasteiger partial charge in [-0.15, -0.1) is 11.3 Å². The zero-order valence-corrected chi connectivity index (χ0v) is 14.9. The quantitative estimate of drug-likeness (QED) is 0.810. The molecule has 2 rings (SSSR count). The molecule has 2 aromatic rings. The monoisotopic (exact) mass is 346 g/mol. The van der Waals surface area contributed by atoms with Crippen molar-refractivity contribution in [1.29, 1.82) is 0 Å². The lowest BCUT2D eigenvalue weighted by molar-refractivity contribution is -0.126. The fraction of sp³-hybridized carbons (Fsp3) is 0.333. The Kier molecular flexibility index (Phi) is 6.37. The van der Waals surface area contributed by atoms with E-state index in [9.17, 15) is 9.59 Å². The highest BCUT2D eigenvalue weighted by Gasteiger charge is 2.17. The molecule has 1 heterocycles. The van der Waals surface area contributed by atoms with E-state index >= 15 is 0 Å². The number of methoxy groups -OCH3 is 1. The molecule has 2 N–H and O–H groups in total. The number of rotatable bonds is 7. The van der Waals surface area contributed by atoms with E-state index in [2.05, 4.69) is 10.6 Å². The Morgan fingerprint density at radius 1 is 1.12 bits per heavy atom. The van der Waals surface area contributed by atoms with E-state index in [0.29, 0.717) is 6.54 Å². The first-order chi connectivity index (χ1) is 11.5. The predicted molar refractivity (Wildman–Crippen MR) is 95.3 cm³/mol. The van der Waals surface area contributed by atoms with Crippen LogP contribution >= 0.6 is 11.3 Å². The molecule has 0 saturated heterocycles. The van der Waals surface area contributed by atoms with E-state index in [1.807, 2.05) is 50.2 Å². The van der Waals surface area contributed by atoms with E-state index in [4.69, 9.17) is 4.74 Å². The number of benzene rings is 1. The SMILES string of the molecule is COc1ccc(CNC(=O)CNC(=O)[C@H](C)c2ccc(C)s2)cc1. The van der Waals surface area contributed by atoms with Crippen molar-refractivity contribution in [2.75, 3.05) is 13.7 Å². The lowest BCUT2D eigenvalue weighted by atomic mass is 10.1. The number of amides is 2. The summed E-state index contributed by atoms with van der Waals surface area (Å²) in [6.45, 7) is 4.24. The minimum atomic E-state index is -0.252. The molecule has 128 valence electrons. The fourth-order valence-electron chi connectivity index (χ4n) is 2.14. The van der Waals surface area contributed by atoms with Gasteiger partial charge in [-0.25, -0.2) is 0 Å². The summed E-state index contributed by atoms with van der Waals surface area (Å²) in [5, 5.41) is 5.46. The van der Waals surface area contributed by atoms with E-state index < -0.39 is 0 Å². The van der Waals surface area contributed by atoms with Crippen LogP contribution in [0.4, 0.5) is 0 Å². The largest absolute Gasteiger partial charge is 0.497 e. The molecule has 0 radical (unpaired) electrons. The molecule has 0 fully saturated rings. The summed E-state index contributed by atoms with van der Waals surface area (Å²) in [7, 11) is 1.61. The maximum absolute atomic E-state index is 12.1. The first-order valence-electron chi connectivity index (χ1n) is 7.73. The Morgan fingerprint density at radius 2 is 1.83 bits per heavy atom. The molecule has 1 aromatic carbocycles. The number of aryl methyl sites for hydroxylation is 1. The van der Waals surface area contributed by atoms with Gasteiger partial charge in [-0.2, -0.15) is 0 Å². The molecule has 0 bridgehead atoms. The molecule has 1 atom stereocenters. The summed E-state index contributed by atoms with van der Waals surface area (Å²) in [6, 6.07) is 11.4. The van der Waals surface area contributed by atoms with E-state index in [1.165, 1.54) is 4.88 Å². The van der Waals surface area contributed by atoms with Crippen LogP contribution in [-0.4, -0.2) is 25.5 Å². The van der Waals surface area contributed by atoms with Crippen molar-refractivity contribution in [3.8, 4) is 5.75 Å². The Bertz CT molecular complexity index is 695. The standard InChI is InChI=1S/C18H22N2O3S/c1-12-4-9-16(24-12)13(2)18(22)20-11-17(21)19-10-14-5-7-15(23-3)8-6-14/h4-9,13H,10-11H2,1-3H3,(H,19,21)(H,20,22)/t13-/m1/s1. The second kappa shape index (κ2) is 8.49. The number of thiophene rings is 1. The van der Waals surface area contributed by atoms with E-state index in [-0.39, 0.29) is 24.3 Å². The van der Waals surface area contributed by atoms with Crippen molar-refractivity contribution in [3.63, 3.8) is 0 Å². The smallest absolute Gasteiger partial charge is 0.239 e. The lowest BCUT2D eigenvalue weighted by Gasteiger charge is -2.11. The maximum Gasteiger partial charge on any atom is 0.239 e. The van der Waals surface area contributed by atoms with Crippen LogP contribution in [0.3, 0.4) is 0 Å². The molecule has 24 heavy (non-hydrogen) atoms. The molecule has 0 spiro atoms. The Balaban J connectivity index is 1.74. The van der Waals surface area contributed by atoms with Crippen LogP contribution in [-0.2, 0) is 16.1 Å². The maximum atomic E-state index is 12.1. The molecule has 0 aliphatic heterocycles. The molecule has 0 unspecified atom stereocenters. The summed E-state index contributed by atoms with van der Waals surface area (Å²) < 4.78 is 5.09. The first-order valence-corrected chi connectivity index (χ1v) is 8.55. The molecular formula is C18H22N2O3S. The topological polar surface area (TPSA) is 67.4 Å². The van der Waals surface area contributed by atoms with Crippen molar-refractivity contribution in [1.82, 2.24) is 10.6 Å². The number of ether oxygens (including phenoxy) is 1. The number of hydrogen-bond donors (Lipinski definition) is 2. The van der Waals surface area contributed by atoms with Gasteiger partial charge in [0.25, 0.3) is 0 Å². The van der Waals surface area contributed by atoms with Crippen molar-refractivity contribution in [3.05, 3.63) is 51.7 Å². The van der Waals surface area contributed by atoms with Crippen LogP contribution in [0.2, 0.25) is 0 Å². The number of nitrogens with one attached hydrogen (secondary N) is 2. The summed E-state index contributed by atoms with van der Waals surface area (Å²) in [4.78, 5) is 26.1. The molecule has 2 amide bonds. The molecule has 5 nitrogen and oxygen atoms in total. The van der Waals surface area contributed by atoms with Crippen LogP contribution in [0, 0.1) is 6.92 Å². The molecule has 0 saturated carbocycles. The van der Waals surface area contributed by atoms with Gasteiger partial charge in [-0.1, -0.05) is 12.1 Å². The zero-order valence-electron chi connectivity index (χ0n) is 14.1. The van der Waals surface area contributed by atoms with Crippen molar-refractivity contribution in [2.45, 2.75) is 26.3 Å². The summed E-state index contributed by atoms with van der Waals surface area (Å²) in [6.07, 6.45) is 0. The zero-order chi connectivity index (χ0) is 17.5. The van der Waals surface area contributed by atoms with Gasteiger partial charge >= 0.3 is 0 Å². The second-order valence-corrected chi connectivity index (χ2v) is 6.83. The number of carbonyl (C=O) groups excluding carboxylic acids is 2. The lowest BCUT2D eigenvalue weighted by Crippen LogP contribution is -2.38. The predicted octanol–water partition coefficient (Wildman–Crippen LogP) is 2.60. The molecule has 6 heteroatoms. The van der Waals surface area contributed by atoms with Crippen molar-refractivity contribution >= 4 is 23.2 Å².